The first-order chi connectivity index (χ1) is 9.41. The smallest absolute Gasteiger partial charge is 0.120 e. The molecule has 1 aliphatic rings. The largest absolute Gasteiger partial charge is 0.497 e. The molecular formula is C17H27NO2. The van der Waals surface area contributed by atoms with Gasteiger partial charge in [-0.25, -0.2) is 0 Å². The molecule has 2 N–H and O–H groups in total. The number of hydrogen-bond donors (Lipinski definition) is 2. The maximum atomic E-state index is 9.98. The quantitative estimate of drug-likeness (QED) is 0.882. The third-order valence-corrected chi connectivity index (χ3v) is 4.80. The summed E-state index contributed by atoms with van der Waals surface area (Å²) in [5.41, 5.74) is 1.17. The third kappa shape index (κ3) is 3.09. The summed E-state index contributed by atoms with van der Waals surface area (Å²) in [5, 5.41) is 13.6. The highest BCUT2D eigenvalue weighted by Crippen LogP contribution is 2.45. The van der Waals surface area contributed by atoms with Gasteiger partial charge in [-0.15, -0.1) is 0 Å². The van der Waals surface area contributed by atoms with Crippen LogP contribution in [0.5, 0.6) is 5.75 Å². The molecule has 1 aromatic carbocycles. The number of benzene rings is 1. The van der Waals surface area contributed by atoms with Crippen LogP contribution in [0.2, 0.25) is 0 Å². The Labute approximate surface area is 122 Å². The summed E-state index contributed by atoms with van der Waals surface area (Å²) < 4.78 is 5.27. The van der Waals surface area contributed by atoms with Crippen LogP contribution in [0, 0.1) is 11.3 Å². The summed E-state index contributed by atoms with van der Waals surface area (Å²) in [6, 6.07) is 7.93. The highest BCUT2D eigenvalue weighted by atomic mass is 16.5. The Morgan fingerprint density at radius 1 is 1.35 bits per heavy atom. The Hall–Kier alpha value is -1.22. The van der Waals surface area contributed by atoms with Gasteiger partial charge in [0.25, 0.3) is 0 Å². The lowest BCUT2D eigenvalue weighted by Crippen LogP contribution is -2.52. The van der Waals surface area contributed by atoms with Crippen LogP contribution < -0.4 is 10.1 Å². The van der Waals surface area contributed by atoms with Gasteiger partial charge < -0.3 is 15.2 Å². The van der Waals surface area contributed by atoms with E-state index < -0.39 is 0 Å². The summed E-state index contributed by atoms with van der Waals surface area (Å²) in [5.74, 6) is 1.27. The number of ether oxygens (including phenoxy) is 1. The molecular weight excluding hydrogens is 250 g/mol. The lowest BCUT2D eigenvalue weighted by molar-refractivity contribution is 0.0685. The van der Waals surface area contributed by atoms with Gasteiger partial charge in [0.2, 0.25) is 0 Å². The van der Waals surface area contributed by atoms with Gasteiger partial charge in [-0.3, -0.25) is 0 Å². The summed E-state index contributed by atoms with van der Waals surface area (Å²) in [6.45, 7) is 7.04. The molecule has 2 unspecified atom stereocenters. The highest BCUT2D eigenvalue weighted by molar-refractivity contribution is 5.50. The normalized spacial score (nSPS) is 28.9. The number of nitrogens with one attached hydrogen (secondary N) is 1. The second-order valence-corrected chi connectivity index (χ2v) is 6.94. The minimum atomic E-state index is -0.220. The molecule has 20 heavy (non-hydrogen) atoms. The van der Waals surface area contributed by atoms with Crippen LogP contribution in [-0.4, -0.2) is 24.4 Å². The Bertz CT molecular complexity index is 458. The molecule has 1 aromatic rings. The van der Waals surface area contributed by atoms with Crippen LogP contribution in [0.3, 0.4) is 0 Å². The molecule has 1 fully saturated rings. The van der Waals surface area contributed by atoms with Crippen molar-refractivity contribution >= 4 is 5.69 Å². The van der Waals surface area contributed by atoms with E-state index in [2.05, 4.69) is 26.1 Å². The molecule has 3 heteroatoms. The summed E-state index contributed by atoms with van der Waals surface area (Å²) in [7, 11) is 1.67. The van der Waals surface area contributed by atoms with Crippen LogP contribution in [-0.2, 0) is 0 Å². The second-order valence-electron chi connectivity index (χ2n) is 6.94. The molecule has 0 aliphatic heterocycles. The first-order valence-electron chi connectivity index (χ1n) is 7.44. The first-order valence-corrected chi connectivity index (χ1v) is 7.44. The number of hydrogen-bond acceptors (Lipinski definition) is 3. The van der Waals surface area contributed by atoms with Gasteiger partial charge in [0.1, 0.15) is 5.75 Å². The first kappa shape index (κ1) is 15.2. The van der Waals surface area contributed by atoms with Gasteiger partial charge >= 0.3 is 0 Å². The average Bonchev–Trinajstić information content (AvgIpc) is 2.42. The van der Waals surface area contributed by atoms with Crippen molar-refractivity contribution in [1.82, 2.24) is 0 Å². The molecule has 1 saturated carbocycles. The molecule has 1 aliphatic carbocycles. The fraction of sp³-hybridized carbons (Fsp3) is 0.647. The van der Waals surface area contributed by atoms with Crippen molar-refractivity contribution in [1.29, 1.82) is 0 Å². The molecule has 0 saturated heterocycles. The monoisotopic (exact) mass is 277 g/mol. The van der Waals surface area contributed by atoms with E-state index in [4.69, 9.17) is 4.74 Å². The fourth-order valence-corrected chi connectivity index (χ4v) is 3.38. The standard InChI is InChI=1S/C17H27NO2/c1-13-11-16(2,3)8-9-17(13,12-19)18-14-6-5-7-15(10-14)20-4/h5-7,10,13,18-19H,8-9,11-12H2,1-4H3. The SMILES string of the molecule is COc1cccc(NC2(CO)CCC(C)(C)CC2C)c1. The van der Waals surface area contributed by atoms with Crippen molar-refractivity contribution in [3.63, 3.8) is 0 Å². The van der Waals surface area contributed by atoms with E-state index in [1.54, 1.807) is 7.11 Å². The molecule has 0 aromatic heterocycles. The molecule has 112 valence electrons. The van der Waals surface area contributed by atoms with Crippen molar-refractivity contribution in [3.05, 3.63) is 24.3 Å². The van der Waals surface area contributed by atoms with Crippen molar-refractivity contribution in [2.45, 2.75) is 45.6 Å². The van der Waals surface area contributed by atoms with Crippen molar-refractivity contribution in [2.24, 2.45) is 11.3 Å². The zero-order valence-electron chi connectivity index (χ0n) is 13.1. The summed E-state index contributed by atoms with van der Waals surface area (Å²) in [6.07, 6.45) is 3.26. The van der Waals surface area contributed by atoms with Gasteiger partial charge in [0, 0.05) is 11.8 Å². The third-order valence-electron chi connectivity index (χ3n) is 4.80. The Morgan fingerprint density at radius 2 is 2.10 bits per heavy atom. The predicted molar refractivity (Wildman–Crippen MR) is 83.2 cm³/mol. The lowest BCUT2D eigenvalue weighted by atomic mass is 9.64. The zero-order valence-corrected chi connectivity index (χ0v) is 13.1. The van der Waals surface area contributed by atoms with Gasteiger partial charge in [-0.05, 0) is 42.7 Å². The van der Waals surface area contributed by atoms with Gasteiger partial charge in [0.05, 0.1) is 19.3 Å². The average molecular weight is 277 g/mol. The minimum Gasteiger partial charge on any atom is -0.497 e. The van der Waals surface area contributed by atoms with Crippen LogP contribution >= 0.6 is 0 Å². The highest BCUT2D eigenvalue weighted by Gasteiger charge is 2.43. The number of aliphatic hydroxyl groups is 1. The van der Waals surface area contributed by atoms with E-state index in [0.29, 0.717) is 11.3 Å². The van der Waals surface area contributed by atoms with Crippen LogP contribution in [0.4, 0.5) is 5.69 Å². The fourth-order valence-electron chi connectivity index (χ4n) is 3.38. The number of methoxy groups -OCH3 is 1. The molecule has 0 bridgehead atoms. The van der Waals surface area contributed by atoms with E-state index >= 15 is 0 Å². The topological polar surface area (TPSA) is 41.5 Å². The second kappa shape index (κ2) is 5.65. The van der Waals surface area contributed by atoms with Crippen LogP contribution in [0.25, 0.3) is 0 Å². The number of rotatable bonds is 4. The number of aliphatic hydroxyl groups excluding tert-OH is 1. The van der Waals surface area contributed by atoms with E-state index in [1.165, 1.54) is 0 Å². The lowest BCUT2D eigenvalue weighted by Gasteiger charge is -2.48. The van der Waals surface area contributed by atoms with E-state index in [1.807, 2.05) is 24.3 Å². The minimum absolute atomic E-state index is 0.168. The molecule has 0 amide bonds. The van der Waals surface area contributed by atoms with Gasteiger partial charge in [-0.1, -0.05) is 26.8 Å². The maximum Gasteiger partial charge on any atom is 0.120 e. The summed E-state index contributed by atoms with van der Waals surface area (Å²) in [4.78, 5) is 0. The van der Waals surface area contributed by atoms with Crippen molar-refractivity contribution in [3.8, 4) is 5.75 Å². The molecule has 0 spiro atoms. The van der Waals surface area contributed by atoms with E-state index in [9.17, 15) is 5.11 Å². The van der Waals surface area contributed by atoms with Crippen LogP contribution in [0.15, 0.2) is 24.3 Å². The molecule has 0 radical (unpaired) electrons. The molecule has 2 rings (SSSR count). The van der Waals surface area contributed by atoms with Crippen molar-refractivity contribution < 1.29 is 9.84 Å². The maximum absolute atomic E-state index is 9.98. The number of anilines is 1. The van der Waals surface area contributed by atoms with Gasteiger partial charge in [0.15, 0.2) is 0 Å². The van der Waals surface area contributed by atoms with Gasteiger partial charge in [-0.2, -0.15) is 0 Å². The Balaban J connectivity index is 2.19. The summed E-state index contributed by atoms with van der Waals surface area (Å²) >= 11 is 0. The van der Waals surface area contributed by atoms with Crippen LogP contribution in [0.1, 0.15) is 40.0 Å². The van der Waals surface area contributed by atoms with E-state index in [0.717, 1.165) is 30.7 Å². The van der Waals surface area contributed by atoms with Crippen molar-refractivity contribution in [2.75, 3.05) is 19.0 Å². The predicted octanol–water partition coefficient (Wildman–Crippen LogP) is 3.68. The molecule has 2 atom stereocenters. The zero-order chi connectivity index (χ0) is 14.8. The molecule has 0 heterocycles. The van der Waals surface area contributed by atoms with E-state index in [-0.39, 0.29) is 12.1 Å². The Morgan fingerprint density at radius 3 is 2.70 bits per heavy atom. The molecule has 3 nitrogen and oxygen atoms in total. The Kier molecular flexibility index (Phi) is 4.28.